The van der Waals surface area contributed by atoms with E-state index in [1.165, 1.54) is 0 Å². The summed E-state index contributed by atoms with van der Waals surface area (Å²) in [7, 11) is 0. The van der Waals surface area contributed by atoms with E-state index in [1.54, 1.807) is 12.3 Å². The smallest absolute Gasteiger partial charge is 0.242 e. The minimum absolute atomic E-state index is 0.0715. The van der Waals surface area contributed by atoms with Gasteiger partial charge >= 0.3 is 0 Å². The summed E-state index contributed by atoms with van der Waals surface area (Å²) in [5.41, 5.74) is 7.04. The summed E-state index contributed by atoms with van der Waals surface area (Å²) < 4.78 is 0. The normalized spacial score (nSPS) is 19.5. The average Bonchev–Trinajstić information content (AvgIpc) is 2.38. The van der Waals surface area contributed by atoms with Crippen LogP contribution in [-0.4, -0.2) is 35.0 Å². The molecule has 6 heteroatoms. The predicted molar refractivity (Wildman–Crippen MR) is 74.6 cm³/mol. The number of hydrogen-bond donors (Lipinski definition) is 2. The van der Waals surface area contributed by atoms with E-state index in [0.717, 1.165) is 18.7 Å². The summed E-state index contributed by atoms with van der Waals surface area (Å²) in [6.07, 6.45) is 2.48. The molecule has 2 rings (SSSR count). The largest absolute Gasteiger partial charge is 0.388 e. The van der Waals surface area contributed by atoms with Crippen LogP contribution in [-0.2, 0) is 4.79 Å². The molecule has 0 spiro atoms. The lowest BCUT2D eigenvalue weighted by molar-refractivity contribution is -0.123. The third-order valence-corrected chi connectivity index (χ3v) is 3.26. The predicted octanol–water partition coefficient (Wildman–Crippen LogP) is 0.431. The van der Waals surface area contributed by atoms with Crippen molar-refractivity contribution in [3.8, 4) is 0 Å². The number of nitrogens with one attached hydrogen (secondary N) is 1. The Morgan fingerprint density at radius 3 is 3.00 bits per heavy atom. The molecule has 2 heterocycles. The molecule has 0 radical (unpaired) electrons. The molecule has 3 N–H and O–H groups in total. The number of amides is 1. The van der Waals surface area contributed by atoms with Crippen LogP contribution in [0.2, 0.25) is 0 Å². The van der Waals surface area contributed by atoms with Crippen LogP contribution in [0.3, 0.4) is 0 Å². The Bertz CT molecular complexity index is 460. The van der Waals surface area contributed by atoms with E-state index in [4.69, 9.17) is 18.0 Å². The average molecular weight is 264 g/mol. The van der Waals surface area contributed by atoms with Gasteiger partial charge in [0.25, 0.3) is 0 Å². The highest BCUT2D eigenvalue weighted by atomic mass is 32.1. The van der Waals surface area contributed by atoms with Gasteiger partial charge in [0.15, 0.2) is 0 Å². The summed E-state index contributed by atoms with van der Waals surface area (Å²) in [5, 5.41) is 2.87. The first-order valence-electron chi connectivity index (χ1n) is 5.93. The molecule has 18 heavy (non-hydrogen) atoms. The molecule has 0 aromatic carbocycles. The first kappa shape index (κ1) is 12.8. The number of nitrogens with two attached hydrogens (primary N) is 1. The maximum absolute atomic E-state index is 11.8. The fourth-order valence-electron chi connectivity index (χ4n) is 2.13. The molecule has 96 valence electrons. The third kappa shape index (κ3) is 2.43. The van der Waals surface area contributed by atoms with Crippen LogP contribution in [0.15, 0.2) is 18.3 Å². The van der Waals surface area contributed by atoms with Gasteiger partial charge in [-0.2, -0.15) is 0 Å². The zero-order valence-corrected chi connectivity index (χ0v) is 11.0. The minimum Gasteiger partial charge on any atom is -0.388 e. The molecule has 1 saturated heterocycles. The van der Waals surface area contributed by atoms with Crippen molar-refractivity contribution in [3.05, 3.63) is 24.0 Å². The second-order valence-electron chi connectivity index (χ2n) is 4.17. The Hall–Kier alpha value is -1.69. The molecule has 1 aromatic rings. The summed E-state index contributed by atoms with van der Waals surface area (Å²) >= 11 is 4.86. The van der Waals surface area contributed by atoms with Gasteiger partial charge in [-0.15, -0.1) is 0 Å². The van der Waals surface area contributed by atoms with Crippen molar-refractivity contribution in [2.75, 3.05) is 18.0 Å². The summed E-state index contributed by atoms with van der Waals surface area (Å²) in [5.74, 6) is 0.0715. The van der Waals surface area contributed by atoms with Gasteiger partial charge in [0.1, 0.15) is 11.0 Å². The van der Waals surface area contributed by atoms with Gasteiger partial charge in [-0.25, -0.2) is 0 Å². The SMILES string of the molecule is CCC1C(=O)NCCN1c1ccc(C(N)=S)nc1. The molecule has 0 saturated carbocycles. The van der Waals surface area contributed by atoms with Crippen molar-refractivity contribution < 1.29 is 4.79 Å². The Labute approximate surface area is 111 Å². The summed E-state index contributed by atoms with van der Waals surface area (Å²) in [6.45, 7) is 3.45. The monoisotopic (exact) mass is 264 g/mol. The Kier molecular flexibility index (Phi) is 3.76. The summed E-state index contributed by atoms with van der Waals surface area (Å²) in [6, 6.07) is 3.57. The van der Waals surface area contributed by atoms with Crippen LogP contribution < -0.4 is 16.0 Å². The van der Waals surface area contributed by atoms with Gasteiger partial charge in [0, 0.05) is 13.1 Å². The molecule has 1 aliphatic rings. The third-order valence-electron chi connectivity index (χ3n) is 3.05. The molecule has 1 aliphatic heterocycles. The van der Waals surface area contributed by atoms with E-state index in [9.17, 15) is 4.79 Å². The number of thiocarbonyl (C=S) groups is 1. The first-order valence-corrected chi connectivity index (χ1v) is 6.34. The van der Waals surface area contributed by atoms with Gasteiger partial charge in [-0.1, -0.05) is 19.1 Å². The van der Waals surface area contributed by atoms with Crippen molar-refractivity contribution in [2.24, 2.45) is 5.73 Å². The van der Waals surface area contributed by atoms with Gasteiger partial charge in [0.05, 0.1) is 17.6 Å². The number of aromatic nitrogens is 1. The number of pyridine rings is 1. The molecule has 1 atom stereocenters. The fourth-order valence-corrected chi connectivity index (χ4v) is 2.25. The fraction of sp³-hybridized carbons (Fsp3) is 0.417. The first-order chi connectivity index (χ1) is 8.63. The van der Waals surface area contributed by atoms with Crippen LogP contribution in [0, 0.1) is 0 Å². The van der Waals surface area contributed by atoms with Crippen molar-refractivity contribution in [1.29, 1.82) is 0 Å². The maximum atomic E-state index is 11.8. The van der Waals surface area contributed by atoms with Crippen LogP contribution in [0.1, 0.15) is 19.0 Å². The van der Waals surface area contributed by atoms with Crippen LogP contribution >= 0.6 is 12.2 Å². The number of carbonyl (C=O) groups excluding carboxylic acids is 1. The Balaban J connectivity index is 2.24. The van der Waals surface area contributed by atoms with Crippen molar-refractivity contribution in [2.45, 2.75) is 19.4 Å². The van der Waals surface area contributed by atoms with E-state index in [1.807, 2.05) is 13.0 Å². The molecule has 0 aliphatic carbocycles. The minimum atomic E-state index is -0.128. The molecule has 0 bridgehead atoms. The molecule has 1 aromatic heterocycles. The number of piperazine rings is 1. The highest BCUT2D eigenvalue weighted by Gasteiger charge is 2.28. The van der Waals surface area contributed by atoms with Gasteiger partial charge in [-0.3, -0.25) is 9.78 Å². The van der Waals surface area contributed by atoms with Crippen LogP contribution in [0.25, 0.3) is 0 Å². The van der Waals surface area contributed by atoms with E-state index < -0.39 is 0 Å². The lowest BCUT2D eigenvalue weighted by Gasteiger charge is -2.36. The second-order valence-corrected chi connectivity index (χ2v) is 4.61. The zero-order chi connectivity index (χ0) is 13.1. The van der Waals surface area contributed by atoms with Crippen molar-refractivity contribution in [3.63, 3.8) is 0 Å². The molecule has 1 fully saturated rings. The highest BCUT2D eigenvalue weighted by molar-refractivity contribution is 7.80. The number of nitrogens with zero attached hydrogens (tertiary/aromatic N) is 2. The Morgan fingerprint density at radius 2 is 2.44 bits per heavy atom. The lowest BCUT2D eigenvalue weighted by Crippen LogP contribution is -2.55. The summed E-state index contributed by atoms with van der Waals surface area (Å²) in [4.78, 5) is 18.3. The van der Waals surface area contributed by atoms with Gasteiger partial charge in [-0.05, 0) is 18.6 Å². The van der Waals surface area contributed by atoms with Gasteiger partial charge in [0.2, 0.25) is 5.91 Å². The second kappa shape index (κ2) is 5.30. The van der Waals surface area contributed by atoms with Gasteiger partial charge < -0.3 is 16.0 Å². The van der Waals surface area contributed by atoms with Crippen LogP contribution in [0.4, 0.5) is 5.69 Å². The van der Waals surface area contributed by atoms with E-state index in [2.05, 4.69) is 15.2 Å². The number of carbonyl (C=O) groups is 1. The molecule has 5 nitrogen and oxygen atoms in total. The number of anilines is 1. The quantitative estimate of drug-likeness (QED) is 0.775. The molecular formula is C12H16N4OS. The van der Waals surface area contributed by atoms with Crippen molar-refractivity contribution in [1.82, 2.24) is 10.3 Å². The zero-order valence-electron chi connectivity index (χ0n) is 10.2. The highest BCUT2D eigenvalue weighted by Crippen LogP contribution is 2.19. The number of rotatable bonds is 3. The van der Waals surface area contributed by atoms with E-state index in [-0.39, 0.29) is 16.9 Å². The molecule has 1 unspecified atom stereocenters. The molecule has 1 amide bonds. The lowest BCUT2D eigenvalue weighted by atomic mass is 10.1. The van der Waals surface area contributed by atoms with E-state index >= 15 is 0 Å². The van der Waals surface area contributed by atoms with Crippen LogP contribution in [0.5, 0.6) is 0 Å². The number of hydrogen-bond acceptors (Lipinski definition) is 4. The Morgan fingerprint density at radius 1 is 1.67 bits per heavy atom. The topological polar surface area (TPSA) is 71.2 Å². The maximum Gasteiger partial charge on any atom is 0.242 e. The van der Waals surface area contributed by atoms with Crippen molar-refractivity contribution >= 4 is 28.8 Å². The molecular weight excluding hydrogens is 248 g/mol. The standard InChI is InChI=1S/C12H16N4OS/c1-2-10-12(17)14-5-6-16(10)8-3-4-9(11(13)18)15-7-8/h3-4,7,10H,2,5-6H2,1H3,(H2,13,18)(H,14,17). The van der Waals surface area contributed by atoms with E-state index in [0.29, 0.717) is 12.2 Å².